The van der Waals surface area contributed by atoms with Crippen molar-refractivity contribution in [2.24, 2.45) is 4.99 Å². The standard InChI is InChI=1S/C14H25N3O2S/c1-15-14(17-11-13-5-10-20-12-13)16-6-3-4-7-19-9-8-18-2/h5,10,12H,3-4,6-9,11H2,1-2H3,(H2,15,16,17). The number of hydrogen-bond donors (Lipinski definition) is 2. The van der Waals surface area contributed by atoms with Crippen molar-refractivity contribution in [1.29, 1.82) is 0 Å². The van der Waals surface area contributed by atoms with Crippen molar-refractivity contribution in [3.63, 3.8) is 0 Å². The van der Waals surface area contributed by atoms with Crippen LogP contribution in [0.15, 0.2) is 21.8 Å². The molecule has 0 aromatic carbocycles. The van der Waals surface area contributed by atoms with Crippen molar-refractivity contribution in [2.75, 3.05) is 40.5 Å². The van der Waals surface area contributed by atoms with Gasteiger partial charge in [0, 0.05) is 33.9 Å². The van der Waals surface area contributed by atoms with Gasteiger partial charge in [0.05, 0.1) is 13.2 Å². The van der Waals surface area contributed by atoms with Gasteiger partial charge in [0.1, 0.15) is 0 Å². The molecule has 20 heavy (non-hydrogen) atoms. The Morgan fingerprint density at radius 2 is 2.15 bits per heavy atom. The van der Waals surface area contributed by atoms with Crippen LogP contribution in [0.25, 0.3) is 0 Å². The van der Waals surface area contributed by atoms with E-state index in [0.717, 1.165) is 38.5 Å². The zero-order valence-corrected chi connectivity index (χ0v) is 13.2. The molecule has 0 unspecified atom stereocenters. The maximum absolute atomic E-state index is 5.41. The Morgan fingerprint density at radius 3 is 2.85 bits per heavy atom. The molecule has 6 heteroatoms. The van der Waals surface area contributed by atoms with E-state index in [1.54, 1.807) is 25.5 Å². The lowest BCUT2D eigenvalue weighted by Crippen LogP contribution is -2.37. The molecule has 1 aromatic rings. The summed E-state index contributed by atoms with van der Waals surface area (Å²) in [5.74, 6) is 0.844. The lowest BCUT2D eigenvalue weighted by atomic mass is 10.3. The van der Waals surface area contributed by atoms with Gasteiger partial charge in [-0.2, -0.15) is 11.3 Å². The highest BCUT2D eigenvalue weighted by atomic mass is 32.1. The van der Waals surface area contributed by atoms with E-state index in [4.69, 9.17) is 9.47 Å². The largest absolute Gasteiger partial charge is 0.382 e. The molecule has 2 N–H and O–H groups in total. The van der Waals surface area contributed by atoms with E-state index in [-0.39, 0.29) is 0 Å². The number of nitrogens with one attached hydrogen (secondary N) is 2. The first-order valence-corrected chi connectivity index (χ1v) is 7.83. The Hall–Kier alpha value is -1.11. The van der Waals surface area contributed by atoms with Crippen LogP contribution in [0.3, 0.4) is 0 Å². The molecule has 0 saturated heterocycles. The van der Waals surface area contributed by atoms with E-state index < -0.39 is 0 Å². The number of nitrogens with zero attached hydrogens (tertiary/aromatic N) is 1. The second-order valence-corrected chi connectivity index (χ2v) is 5.08. The van der Waals surface area contributed by atoms with Crippen molar-refractivity contribution in [3.8, 4) is 0 Å². The van der Waals surface area contributed by atoms with Crippen LogP contribution in [0.1, 0.15) is 18.4 Å². The number of methoxy groups -OCH3 is 1. The van der Waals surface area contributed by atoms with Gasteiger partial charge < -0.3 is 20.1 Å². The van der Waals surface area contributed by atoms with E-state index >= 15 is 0 Å². The zero-order valence-electron chi connectivity index (χ0n) is 12.4. The fraction of sp³-hybridized carbons (Fsp3) is 0.643. The number of aliphatic imine (C=N–C) groups is 1. The lowest BCUT2D eigenvalue weighted by molar-refractivity contribution is 0.0689. The summed E-state index contributed by atoms with van der Waals surface area (Å²) in [7, 11) is 3.47. The molecular weight excluding hydrogens is 274 g/mol. The minimum Gasteiger partial charge on any atom is -0.382 e. The maximum atomic E-state index is 5.41. The average Bonchev–Trinajstić information content (AvgIpc) is 2.98. The third kappa shape index (κ3) is 8.14. The van der Waals surface area contributed by atoms with Crippen molar-refractivity contribution >= 4 is 17.3 Å². The van der Waals surface area contributed by atoms with Crippen molar-refractivity contribution in [1.82, 2.24) is 10.6 Å². The number of rotatable bonds is 10. The Morgan fingerprint density at radius 1 is 1.25 bits per heavy atom. The van der Waals surface area contributed by atoms with Crippen LogP contribution in [-0.4, -0.2) is 46.5 Å². The molecular formula is C14H25N3O2S. The Bertz CT molecular complexity index is 355. The van der Waals surface area contributed by atoms with Gasteiger partial charge in [-0.05, 0) is 35.2 Å². The number of guanidine groups is 1. The maximum Gasteiger partial charge on any atom is 0.191 e. The molecule has 0 atom stereocenters. The summed E-state index contributed by atoms with van der Waals surface area (Å²) < 4.78 is 10.3. The van der Waals surface area contributed by atoms with Gasteiger partial charge in [-0.15, -0.1) is 0 Å². The van der Waals surface area contributed by atoms with E-state index in [1.807, 2.05) is 0 Å². The molecule has 0 aliphatic heterocycles. The highest BCUT2D eigenvalue weighted by molar-refractivity contribution is 7.07. The van der Waals surface area contributed by atoms with E-state index in [2.05, 4.69) is 32.5 Å². The van der Waals surface area contributed by atoms with Crippen LogP contribution >= 0.6 is 11.3 Å². The Kier molecular flexibility index (Phi) is 9.91. The minimum absolute atomic E-state index is 0.664. The van der Waals surface area contributed by atoms with Crippen molar-refractivity contribution in [2.45, 2.75) is 19.4 Å². The van der Waals surface area contributed by atoms with E-state index in [0.29, 0.717) is 13.2 Å². The minimum atomic E-state index is 0.664. The molecule has 5 nitrogen and oxygen atoms in total. The zero-order chi connectivity index (χ0) is 14.5. The summed E-state index contributed by atoms with van der Waals surface area (Å²) in [5.41, 5.74) is 1.28. The molecule has 0 amide bonds. The first-order valence-electron chi connectivity index (χ1n) is 6.89. The number of thiophene rings is 1. The topological polar surface area (TPSA) is 54.9 Å². The van der Waals surface area contributed by atoms with Gasteiger partial charge >= 0.3 is 0 Å². The fourth-order valence-electron chi connectivity index (χ4n) is 1.58. The SMILES string of the molecule is CN=C(NCCCCOCCOC)NCc1ccsc1. The normalized spacial score (nSPS) is 11.6. The molecule has 0 radical (unpaired) electrons. The summed E-state index contributed by atoms with van der Waals surface area (Å²) in [5, 5.41) is 10.8. The summed E-state index contributed by atoms with van der Waals surface area (Å²) >= 11 is 1.71. The predicted molar refractivity (Wildman–Crippen MR) is 84.4 cm³/mol. The van der Waals surface area contributed by atoms with Crippen LogP contribution < -0.4 is 10.6 Å². The second-order valence-electron chi connectivity index (χ2n) is 4.30. The molecule has 0 aliphatic rings. The first-order chi connectivity index (χ1) is 9.86. The van der Waals surface area contributed by atoms with Gasteiger partial charge in [-0.1, -0.05) is 0 Å². The van der Waals surface area contributed by atoms with Gasteiger partial charge in [0.25, 0.3) is 0 Å². The van der Waals surface area contributed by atoms with E-state index in [9.17, 15) is 0 Å². The van der Waals surface area contributed by atoms with Crippen molar-refractivity contribution < 1.29 is 9.47 Å². The molecule has 0 aliphatic carbocycles. The number of hydrogen-bond acceptors (Lipinski definition) is 4. The van der Waals surface area contributed by atoms with E-state index in [1.165, 1.54) is 5.56 Å². The summed E-state index contributed by atoms with van der Waals surface area (Å²) in [6, 6.07) is 2.11. The fourth-order valence-corrected chi connectivity index (χ4v) is 2.25. The smallest absolute Gasteiger partial charge is 0.191 e. The summed E-state index contributed by atoms with van der Waals surface area (Å²) in [6.07, 6.45) is 2.10. The number of ether oxygens (including phenoxy) is 2. The highest BCUT2D eigenvalue weighted by Gasteiger charge is 1.98. The molecule has 0 fully saturated rings. The Balaban J connectivity index is 1.98. The van der Waals surface area contributed by atoms with Crippen LogP contribution in [-0.2, 0) is 16.0 Å². The molecule has 1 rings (SSSR count). The second kappa shape index (κ2) is 11.7. The first kappa shape index (κ1) is 16.9. The molecule has 0 saturated carbocycles. The molecule has 1 aromatic heterocycles. The summed E-state index contributed by atoms with van der Waals surface area (Å²) in [4.78, 5) is 4.20. The van der Waals surface area contributed by atoms with Gasteiger partial charge in [-0.3, -0.25) is 4.99 Å². The van der Waals surface area contributed by atoms with Crippen LogP contribution in [0.2, 0.25) is 0 Å². The third-order valence-corrected chi connectivity index (χ3v) is 3.44. The average molecular weight is 299 g/mol. The highest BCUT2D eigenvalue weighted by Crippen LogP contribution is 2.04. The Labute approximate surface area is 125 Å². The number of unbranched alkanes of at least 4 members (excludes halogenated alkanes) is 1. The van der Waals surface area contributed by atoms with Crippen molar-refractivity contribution in [3.05, 3.63) is 22.4 Å². The van der Waals surface area contributed by atoms with Gasteiger partial charge in [0.2, 0.25) is 0 Å². The quantitative estimate of drug-likeness (QED) is 0.393. The lowest BCUT2D eigenvalue weighted by Gasteiger charge is -2.11. The monoisotopic (exact) mass is 299 g/mol. The third-order valence-electron chi connectivity index (χ3n) is 2.70. The van der Waals surface area contributed by atoms with Crippen LogP contribution in [0, 0.1) is 0 Å². The molecule has 0 spiro atoms. The molecule has 114 valence electrons. The predicted octanol–water partition coefficient (Wildman–Crippen LogP) is 1.86. The van der Waals surface area contributed by atoms with Crippen LogP contribution in [0.4, 0.5) is 0 Å². The molecule has 1 heterocycles. The summed E-state index contributed by atoms with van der Waals surface area (Å²) in [6.45, 7) is 3.83. The molecule has 0 bridgehead atoms. The van der Waals surface area contributed by atoms with Gasteiger partial charge in [0.15, 0.2) is 5.96 Å². The van der Waals surface area contributed by atoms with Crippen LogP contribution in [0.5, 0.6) is 0 Å². The van der Waals surface area contributed by atoms with Gasteiger partial charge in [-0.25, -0.2) is 0 Å².